The molecule has 0 aromatic carbocycles. The first-order valence-corrected chi connectivity index (χ1v) is 7.75. The predicted molar refractivity (Wildman–Crippen MR) is 81.9 cm³/mol. The molecule has 1 aromatic rings. The van der Waals surface area contributed by atoms with Gasteiger partial charge < -0.3 is 14.5 Å². The number of halogens is 1. The van der Waals surface area contributed by atoms with E-state index >= 15 is 0 Å². The molecule has 0 atom stereocenters. The lowest BCUT2D eigenvalue weighted by molar-refractivity contribution is 0.0241. The molecule has 21 heavy (non-hydrogen) atoms. The molecule has 0 N–H and O–H groups in total. The maximum absolute atomic E-state index is 12.0. The van der Waals surface area contributed by atoms with Gasteiger partial charge in [0.15, 0.2) is 5.15 Å². The SMILES string of the molecule is CC(C)(C)OC(=O)N1CCN(c2snc(Cl)c2C#N)CC1. The Hall–Kier alpha value is -1.52. The van der Waals surface area contributed by atoms with Crippen molar-refractivity contribution in [3.05, 3.63) is 10.7 Å². The lowest BCUT2D eigenvalue weighted by atomic mass is 10.2. The number of carbonyl (C=O) groups is 1. The van der Waals surface area contributed by atoms with Crippen molar-refractivity contribution >= 4 is 34.2 Å². The average molecular weight is 329 g/mol. The molecular formula is C13H17ClN4O2S. The third kappa shape index (κ3) is 3.77. The van der Waals surface area contributed by atoms with E-state index in [0.29, 0.717) is 31.7 Å². The van der Waals surface area contributed by atoms with Crippen LogP contribution in [0.4, 0.5) is 9.80 Å². The molecular weight excluding hydrogens is 312 g/mol. The second kappa shape index (κ2) is 6.08. The summed E-state index contributed by atoms with van der Waals surface area (Å²) in [5.74, 6) is 0. The highest BCUT2D eigenvalue weighted by atomic mass is 35.5. The number of nitriles is 1. The van der Waals surface area contributed by atoms with Crippen LogP contribution in [0.15, 0.2) is 0 Å². The van der Waals surface area contributed by atoms with Crippen molar-refractivity contribution in [2.24, 2.45) is 0 Å². The number of ether oxygens (including phenoxy) is 1. The molecule has 0 spiro atoms. The number of anilines is 1. The lowest BCUT2D eigenvalue weighted by Crippen LogP contribution is -2.50. The largest absolute Gasteiger partial charge is 0.444 e. The monoisotopic (exact) mass is 328 g/mol. The van der Waals surface area contributed by atoms with Crippen molar-refractivity contribution < 1.29 is 9.53 Å². The van der Waals surface area contributed by atoms with Crippen LogP contribution in [0.3, 0.4) is 0 Å². The van der Waals surface area contributed by atoms with Crippen molar-refractivity contribution in [2.45, 2.75) is 26.4 Å². The quantitative estimate of drug-likeness (QED) is 0.792. The third-order valence-electron chi connectivity index (χ3n) is 2.96. The minimum absolute atomic E-state index is 0.243. The Bertz CT molecular complexity index is 568. The highest BCUT2D eigenvalue weighted by Crippen LogP contribution is 2.31. The van der Waals surface area contributed by atoms with Gasteiger partial charge >= 0.3 is 6.09 Å². The fourth-order valence-corrected chi connectivity index (χ4v) is 3.07. The van der Waals surface area contributed by atoms with Gasteiger partial charge in [-0.05, 0) is 32.3 Å². The molecule has 0 saturated carbocycles. The van der Waals surface area contributed by atoms with Gasteiger partial charge in [0.25, 0.3) is 0 Å². The van der Waals surface area contributed by atoms with Gasteiger partial charge in [0.1, 0.15) is 22.2 Å². The fraction of sp³-hybridized carbons (Fsp3) is 0.615. The molecule has 6 nitrogen and oxygen atoms in total. The summed E-state index contributed by atoms with van der Waals surface area (Å²) < 4.78 is 9.36. The smallest absolute Gasteiger partial charge is 0.410 e. The van der Waals surface area contributed by atoms with Crippen LogP contribution in [0.5, 0.6) is 0 Å². The van der Waals surface area contributed by atoms with E-state index in [1.165, 1.54) is 11.5 Å². The van der Waals surface area contributed by atoms with E-state index in [0.717, 1.165) is 5.00 Å². The summed E-state index contributed by atoms with van der Waals surface area (Å²) in [5, 5.41) is 10.1. The van der Waals surface area contributed by atoms with Crippen molar-refractivity contribution in [1.29, 1.82) is 5.26 Å². The molecule has 1 aliphatic rings. The Morgan fingerprint density at radius 1 is 1.38 bits per heavy atom. The molecule has 0 radical (unpaired) electrons. The molecule has 114 valence electrons. The van der Waals surface area contributed by atoms with E-state index in [2.05, 4.69) is 10.4 Å². The van der Waals surface area contributed by atoms with Gasteiger partial charge in [-0.3, -0.25) is 0 Å². The summed E-state index contributed by atoms with van der Waals surface area (Å²) in [6, 6.07) is 2.08. The van der Waals surface area contributed by atoms with Crippen molar-refractivity contribution in [1.82, 2.24) is 9.27 Å². The molecule has 0 unspecified atom stereocenters. The van der Waals surface area contributed by atoms with Crippen LogP contribution in [-0.4, -0.2) is 47.1 Å². The number of piperazine rings is 1. The highest BCUT2D eigenvalue weighted by Gasteiger charge is 2.28. The van der Waals surface area contributed by atoms with E-state index in [-0.39, 0.29) is 11.2 Å². The highest BCUT2D eigenvalue weighted by molar-refractivity contribution is 7.10. The zero-order valence-corrected chi connectivity index (χ0v) is 13.8. The second-order valence-electron chi connectivity index (χ2n) is 5.72. The Balaban J connectivity index is 1.98. The van der Waals surface area contributed by atoms with Gasteiger partial charge in [0.2, 0.25) is 0 Å². The van der Waals surface area contributed by atoms with E-state index in [4.69, 9.17) is 21.6 Å². The molecule has 1 amide bonds. The number of hydrogen-bond acceptors (Lipinski definition) is 6. The Morgan fingerprint density at radius 3 is 2.52 bits per heavy atom. The first-order chi connectivity index (χ1) is 9.81. The Kier molecular flexibility index (Phi) is 4.59. The summed E-state index contributed by atoms with van der Waals surface area (Å²) in [6.07, 6.45) is -0.301. The fourth-order valence-electron chi connectivity index (χ4n) is 1.99. The number of amides is 1. The zero-order valence-electron chi connectivity index (χ0n) is 12.2. The van der Waals surface area contributed by atoms with Gasteiger partial charge in [0.05, 0.1) is 0 Å². The first-order valence-electron chi connectivity index (χ1n) is 6.60. The molecule has 1 aliphatic heterocycles. The third-order valence-corrected chi connectivity index (χ3v) is 4.25. The molecule has 1 aromatic heterocycles. The molecule has 1 fully saturated rings. The van der Waals surface area contributed by atoms with Crippen molar-refractivity contribution in [2.75, 3.05) is 31.1 Å². The molecule has 2 rings (SSSR count). The van der Waals surface area contributed by atoms with E-state index in [1.54, 1.807) is 4.90 Å². The van der Waals surface area contributed by atoms with Crippen LogP contribution in [0.25, 0.3) is 0 Å². The van der Waals surface area contributed by atoms with E-state index in [1.807, 2.05) is 25.7 Å². The lowest BCUT2D eigenvalue weighted by Gasteiger charge is -2.35. The number of carbonyl (C=O) groups excluding carboxylic acids is 1. The van der Waals surface area contributed by atoms with Crippen LogP contribution < -0.4 is 4.90 Å². The minimum atomic E-state index is -0.493. The predicted octanol–water partition coefficient (Wildman–Crippen LogP) is 2.73. The summed E-state index contributed by atoms with van der Waals surface area (Å²) >= 11 is 7.10. The van der Waals surface area contributed by atoms with Gasteiger partial charge in [-0.2, -0.15) is 9.64 Å². The van der Waals surface area contributed by atoms with Crippen molar-refractivity contribution in [3.8, 4) is 6.07 Å². The summed E-state index contributed by atoms with van der Waals surface area (Å²) in [6.45, 7) is 7.91. The molecule has 0 aliphatic carbocycles. The van der Waals surface area contributed by atoms with Gasteiger partial charge in [0, 0.05) is 26.2 Å². The number of hydrogen-bond donors (Lipinski definition) is 0. The van der Waals surface area contributed by atoms with Gasteiger partial charge in [-0.15, -0.1) is 0 Å². The maximum atomic E-state index is 12.0. The van der Waals surface area contributed by atoms with Crippen LogP contribution in [0.2, 0.25) is 5.15 Å². The first kappa shape index (κ1) is 15.9. The number of nitrogens with zero attached hydrogens (tertiary/aromatic N) is 4. The number of aromatic nitrogens is 1. The summed E-state index contributed by atoms with van der Waals surface area (Å²) in [4.78, 5) is 15.7. The molecule has 2 heterocycles. The van der Waals surface area contributed by atoms with Crippen LogP contribution in [0, 0.1) is 11.3 Å². The van der Waals surface area contributed by atoms with Crippen LogP contribution in [-0.2, 0) is 4.74 Å². The Morgan fingerprint density at radius 2 is 2.00 bits per heavy atom. The molecule has 8 heteroatoms. The normalized spacial score (nSPS) is 15.8. The van der Waals surface area contributed by atoms with E-state index in [9.17, 15) is 4.79 Å². The Labute approximate surface area is 133 Å². The standard InChI is InChI=1S/C13H17ClN4O2S/c1-13(2,3)20-12(19)18-6-4-17(5-7-18)11-9(8-15)10(14)16-21-11/h4-7H2,1-3H3. The van der Waals surface area contributed by atoms with Crippen molar-refractivity contribution in [3.63, 3.8) is 0 Å². The average Bonchev–Trinajstić information content (AvgIpc) is 2.78. The van der Waals surface area contributed by atoms with Crippen LogP contribution in [0.1, 0.15) is 26.3 Å². The zero-order chi connectivity index (χ0) is 15.6. The van der Waals surface area contributed by atoms with Gasteiger partial charge in [-0.1, -0.05) is 11.6 Å². The van der Waals surface area contributed by atoms with Gasteiger partial charge in [-0.25, -0.2) is 4.79 Å². The summed E-state index contributed by atoms with van der Waals surface area (Å²) in [5.41, 5.74) is -0.0831. The topological polar surface area (TPSA) is 69.5 Å². The molecule has 0 bridgehead atoms. The second-order valence-corrected chi connectivity index (χ2v) is 6.83. The maximum Gasteiger partial charge on any atom is 0.410 e. The minimum Gasteiger partial charge on any atom is -0.444 e. The summed E-state index contributed by atoms with van der Waals surface area (Å²) in [7, 11) is 0. The molecule has 1 saturated heterocycles. The van der Waals surface area contributed by atoms with E-state index < -0.39 is 5.60 Å². The van der Waals surface area contributed by atoms with Crippen LogP contribution >= 0.6 is 23.1 Å². The number of rotatable bonds is 1.